The van der Waals surface area contributed by atoms with E-state index in [2.05, 4.69) is 4.90 Å². The standard InChI is InChI=1S/C17H25FN2/c18-16-3-1-4-17(11-16)20(8-2-7-19)12-15-10-13-5-6-14(15)9-13/h1,3-4,11,13-15H,2,5-10,12,19H2. The van der Waals surface area contributed by atoms with E-state index in [1.807, 2.05) is 6.07 Å². The lowest BCUT2D eigenvalue weighted by Gasteiger charge is -2.31. The van der Waals surface area contributed by atoms with Gasteiger partial charge in [-0.3, -0.25) is 0 Å². The van der Waals surface area contributed by atoms with Crippen molar-refractivity contribution in [2.75, 3.05) is 24.5 Å². The summed E-state index contributed by atoms with van der Waals surface area (Å²) in [4.78, 5) is 2.35. The minimum absolute atomic E-state index is 0.145. The molecule has 1 aromatic carbocycles. The Hall–Kier alpha value is -1.09. The first-order chi connectivity index (χ1) is 9.76. The number of nitrogens with zero attached hydrogens (tertiary/aromatic N) is 1. The Morgan fingerprint density at radius 1 is 1.25 bits per heavy atom. The molecule has 3 unspecified atom stereocenters. The van der Waals surface area contributed by atoms with Gasteiger partial charge in [-0.1, -0.05) is 12.5 Å². The molecule has 110 valence electrons. The highest BCUT2D eigenvalue weighted by Gasteiger charge is 2.39. The van der Waals surface area contributed by atoms with Gasteiger partial charge in [-0.05, 0) is 68.2 Å². The molecule has 2 fully saturated rings. The van der Waals surface area contributed by atoms with Crippen molar-refractivity contribution in [1.29, 1.82) is 0 Å². The third-order valence-corrected chi connectivity index (χ3v) is 5.14. The van der Waals surface area contributed by atoms with Crippen LogP contribution in [-0.2, 0) is 0 Å². The van der Waals surface area contributed by atoms with Gasteiger partial charge >= 0.3 is 0 Å². The van der Waals surface area contributed by atoms with E-state index in [4.69, 9.17) is 5.73 Å². The Morgan fingerprint density at radius 2 is 2.15 bits per heavy atom. The molecule has 0 amide bonds. The summed E-state index contributed by atoms with van der Waals surface area (Å²) < 4.78 is 13.5. The van der Waals surface area contributed by atoms with Crippen molar-refractivity contribution < 1.29 is 4.39 Å². The Bertz CT molecular complexity index is 448. The van der Waals surface area contributed by atoms with E-state index in [0.717, 1.165) is 43.0 Å². The van der Waals surface area contributed by atoms with Gasteiger partial charge in [-0.15, -0.1) is 0 Å². The number of hydrogen-bond acceptors (Lipinski definition) is 2. The van der Waals surface area contributed by atoms with E-state index < -0.39 is 0 Å². The monoisotopic (exact) mass is 276 g/mol. The Labute approximate surface area is 121 Å². The normalized spacial score (nSPS) is 28.0. The molecular weight excluding hydrogens is 251 g/mol. The summed E-state index contributed by atoms with van der Waals surface area (Å²) in [7, 11) is 0. The zero-order chi connectivity index (χ0) is 13.9. The van der Waals surface area contributed by atoms with Crippen LogP contribution in [0.1, 0.15) is 32.1 Å². The lowest BCUT2D eigenvalue weighted by Crippen LogP contribution is -2.33. The first-order valence-electron chi connectivity index (χ1n) is 7.97. The maximum absolute atomic E-state index is 13.5. The van der Waals surface area contributed by atoms with Gasteiger partial charge in [0.15, 0.2) is 0 Å². The van der Waals surface area contributed by atoms with Crippen molar-refractivity contribution in [3.8, 4) is 0 Å². The van der Waals surface area contributed by atoms with Gasteiger partial charge in [-0.25, -0.2) is 4.39 Å². The van der Waals surface area contributed by atoms with Crippen molar-refractivity contribution >= 4 is 5.69 Å². The number of anilines is 1. The minimum Gasteiger partial charge on any atom is -0.371 e. The number of halogens is 1. The molecule has 2 aliphatic rings. The largest absolute Gasteiger partial charge is 0.371 e. The van der Waals surface area contributed by atoms with E-state index in [-0.39, 0.29) is 5.82 Å². The van der Waals surface area contributed by atoms with Gasteiger partial charge in [0.05, 0.1) is 0 Å². The van der Waals surface area contributed by atoms with Gasteiger partial charge in [-0.2, -0.15) is 0 Å². The summed E-state index contributed by atoms with van der Waals surface area (Å²) in [5.41, 5.74) is 6.67. The summed E-state index contributed by atoms with van der Waals surface area (Å²) in [6, 6.07) is 7.00. The minimum atomic E-state index is -0.145. The van der Waals surface area contributed by atoms with Crippen LogP contribution in [0.15, 0.2) is 24.3 Å². The van der Waals surface area contributed by atoms with Crippen LogP contribution in [-0.4, -0.2) is 19.6 Å². The molecular formula is C17H25FN2. The van der Waals surface area contributed by atoms with Gasteiger partial charge < -0.3 is 10.6 Å². The number of nitrogens with two attached hydrogens (primary N) is 1. The Kier molecular flexibility index (Phi) is 4.25. The lowest BCUT2D eigenvalue weighted by atomic mass is 9.88. The molecule has 2 aliphatic carbocycles. The van der Waals surface area contributed by atoms with Crippen LogP contribution in [0.2, 0.25) is 0 Å². The molecule has 1 aromatic rings. The smallest absolute Gasteiger partial charge is 0.125 e. The second kappa shape index (κ2) is 6.13. The second-order valence-electron chi connectivity index (χ2n) is 6.50. The molecule has 0 aromatic heterocycles. The predicted octanol–water partition coefficient (Wildman–Crippen LogP) is 3.42. The number of rotatable bonds is 6. The molecule has 0 saturated heterocycles. The van der Waals surface area contributed by atoms with Crippen molar-refractivity contribution in [3.05, 3.63) is 30.1 Å². The average molecular weight is 276 g/mol. The molecule has 0 radical (unpaired) electrons. The molecule has 2 nitrogen and oxygen atoms in total. The zero-order valence-corrected chi connectivity index (χ0v) is 12.1. The number of hydrogen-bond donors (Lipinski definition) is 1. The highest BCUT2D eigenvalue weighted by atomic mass is 19.1. The van der Waals surface area contributed by atoms with Crippen LogP contribution in [0.5, 0.6) is 0 Å². The predicted molar refractivity (Wildman–Crippen MR) is 81.2 cm³/mol. The molecule has 20 heavy (non-hydrogen) atoms. The van der Waals surface area contributed by atoms with Crippen LogP contribution < -0.4 is 10.6 Å². The third kappa shape index (κ3) is 2.98. The first-order valence-corrected chi connectivity index (χ1v) is 7.97. The van der Waals surface area contributed by atoms with Crippen molar-refractivity contribution in [1.82, 2.24) is 0 Å². The summed E-state index contributed by atoms with van der Waals surface area (Å²) >= 11 is 0. The maximum atomic E-state index is 13.5. The van der Waals surface area contributed by atoms with E-state index >= 15 is 0 Å². The average Bonchev–Trinajstić information content (AvgIpc) is 3.06. The maximum Gasteiger partial charge on any atom is 0.125 e. The van der Waals surface area contributed by atoms with Gasteiger partial charge in [0.2, 0.25) is 0 Å². The molecule has 3 rings (SSSR count). The summed E-state index contributed by atoms with van der Waals surface area (Å²) in [6.45, 7) is 2.71. The Morgan fingerprint density at radius 3 is 2.80 bits per heavy atom. The van der Waals surface area contributed by atoms with Gasteiger partial charge in [0.1, 0.15) is 5.82 Å². The summed E-state index contributed by atoms with van der Waals surface area (Å²) in [5, 5.41) is 0. The fourth-order valence-corrected chi connectivity index (χ4v) is 4.16. The van der Waals surface area contributed by atoms with E-state index in [1.165, 1.54) is 31.7 Å². The fraction of sp³-hybridized carbons (Fsp3) is 0.647. The van der Waals surface area contributed by atoms with Crippen molar-refractivity contribution in [2.24, 2.45) is 23.5 Å². The highest BCUT2D eigenvalue weighted by Crippen LogP contribution is 2.48. The highest BCUT2D eigenvalue weighted by molar-refractivity contribution is 5.46. The molecule has 2 bridgehead atoms. The van der Waals surface area contributed by atoms with E-state index in [1.54, 1.807) is 12.1 Å². The quantitative estimate of drug-likeness (QED) is 0.862. The zero-order valence-electron chi connectivity index (χ0n) is 12.1. The van der Waals surface area contributed by atoms with Gasteiger partial charge in [0, 0.05) is 18.8 Å². The molecule has 2 saturated carbocycles. The third-order valence-electron chi connectivity index (χ3n) is 5.14. The molecule has 2 N–H and O–H groups in total. The van der Waals surface area contributed by atoms with E-state index in [0.29, 0.717) is 6.54 Å². The SMILES string of the molecule is NCCCN(CC1CC2CCC1C2)c1cccc(F)c1. The molecule has 3 atom stereocenters. The van der Waals surface area contributed by atoms with E-state index in [9.17, 15) is 4.39 Å². The van der Waals surface area contributed by atoms with Crippen LogP contribution in [0.4, 0.5) is 10.1 Å². The molecule has 0 heterocycles. The van der Waals surface area contributed by atoms with Crippen LogP contribution in [0.25, 0.3) is 0 Å². The van der Waals surface area contributed by atoms with Crippen LogP contribution in [0.3, 0.4) is 0 Å². The number of benzene rings is 1. The molecule has 0 aliphatic heterocycles. The summed E-state index contributed by atoms with van der Waals surface area (Å²) in [6.07, 6.45) is 6.61. The second-order valence-corrected chi connectivity index (χ2v) is 6.50. The van der Waals surface area contributed by atoms with Crippen LogP contribution >= 0.6 is 0 Å². The van der Waals surface area contributed by atoms with Crippen LogP contribution in [0, 0.1) is 23.6 Å². The molecule has 3 heteroatoms. The molecule has 0 spiro atoms. The number of fused-ring (bicyclic) bond motifs is 2. The van der Waals surface area contributed by atoms with Crippen molar-refractivity contribution in [2.45, 2.75) is 32.1 Å². The Balaban J connectivity index is 1.69. The first kappa shape index (κ1) is 13.9. The topological polar surface area (TPSA) is 29.3 Å². The van der Waals surface area contributed by atoms with Gasteiger partial charge in [0.25, 0.3) is 0 Å². The summed E-state index contributed by atoms with van der Waals surface area (Å²) in [5.74, 6) is 2.53. The fourth-order valence-electron chi connectivity index (χ4n) is 4.16. The van der Waals surface area contributed by atoms with Crippen molar-refractivity contribution in [3.63, 3.8) is 0 Å². The lowest BCUT2D eigenvalue weighted by molar-refractivity contribution is 0.333.